The van der Waals surface area contributed by atoms with E-state index < -0.39 is 17.6 Å². The van der Waals surface area contributed by atoms with Crippen LogP contribution in [-0.4, -0.2) is 35.2 Å². The summed E-state index contributed by atoms with van der Waals surface area (Å²) >= 11 is 0. The minimum Gasteiger partial charge on any atom is -0.444 e. The van der Waals surface area contributed by atoms with Crippen molar-refractivity contribution in [3.63, 3.8) is 0 Å². The molecule has 0 aliphatic heterocycles. The Morgan fingerprint density at radius 2 is 1.33 bits per heavy atom. The van der Waals surface area contributed by atoms with E-state index in [4.69, 9.17) is 4.74 Å². The molecule has 3 amide bonds. The SMILES string of the molecule is CC.CC.CC(C)(C)OC(=O)Nc1ccccc1NC(=O)/C=C/c1ccc(C(CCO)C(=O)Nc2ccccc2)cc1. The van der Waals surface area contributed by atoms with Crippen LogP contribution in [-0.2, 0) is 14.3 Å². The van der Waals surface area contributed by atoms with E-state index in [0.717, 1.165) is 11.1 Å². The van der Waals surface area contributed by atoms with Crippen LogP contribution in [0.15, 0.2) is 84.9 Å². The van der Waals surface area contributed by atoms with Crippen LogP contribution in [0.1, 0.15) is 71.9 Å². The Labute approximate surface area is 250 Å². The molecule has 0 radical (unpaired) electrons. The highest BCUT2D eigenvalue weighted by atomic mass is 16.6. The Bertz CT molecular complexity index is 1270. The van der Waals surface area contributed by atoms with Crippen molar-refractivity contribution in [3.8, 4) is 0 Å². The summed E-state index contributed by atoms with van der Waals surface area (Å²) in [5.74, 6) is -1.10. The minimum atomic E-state index is -0.648. The second-order valence-electron chi connectivity index (χ2n) is 9.58. The Balaban J connectivity index is 0.00000211. The van der Waals surface area contributed by atoms with Crippen molar-refractivity contribution < 1.29 is 24.2 Å². The second-order valence-corrected chi connectivity index (χ2v) is 9.58. The van der Waals surface area contributed by atoms with Gasteiger partial charge in [-0.1, -0.05) is 82.3 Å². The van der Waals surface area contributed by atoms with Gasteiger partial charge in [-0.2, -0.15) is 0 Å². The number of aliphatic hydroxyl groups excluding tert-OH is 1. The van der Waals surface area contributed by atoms with Crippen LogP contribution < -0.4 is 16.0 Å². The van der Waals surface area contributed by atoms with Crippen LogP contribution >= 0.6 is 0 Å². The van der Waals surface area contributed by atoms with E-state index in [1.807, 2.05) is 58.0 Å². The third kappa shape index (κ3) is 12.8. The van der Waals surface area contributed by atoms with Crippen LogP contribution in [0.5, 0.6) is 0 Å². The zero-order valence-electron chi connectivity index (χ0n) is 25.7. The van der Waals surface area contributed by atoms with Crippen LogP contribution in [0.2, 0.25) is 0 Å². The highest BCUT2D eigenvalue weighted by Crippen LogP contribution is 2.24. The van der Waals surface area contributed by atoms with Gasteiger partial charge in [0.1, 0.15) is 5.60 Å². The molecule has 226 valence electrons. The van der Waals surface area contributed by atoms with Gasteiger partial charge in [0.2, 0.25) is 11.8 Å². The van der Waals surface area contributed by atoms with Crippen LogP contribution in [0.3, 0.4) is 0 Å². The van der Waals surface area contributed by atoms with Crippen molar-refractivity contribution in [1.29, 1.82) is 0 Å². The number of carbonyl (C=O) groups excluding carboxylic acids is 3. The summed E-state index contributed by atoms with van der Waals surface area (Å²) in [6.45, 7) is 13.2. The molecule has 0 heterocycles. The number of carbonyl (C=O) groups is 3. The summed E-state index contributed by atoms with van der Waals surface area (Å²) in [5, 5.41) is 17.8. The number of benzene rings is 3. The van der Waals surface area contributed by atoms with Gasteiger partial charge in [-0.15, -0.1) is 0 Å². The topological polar surface area (TPSA) is 117 Å². The molecule has 3 aromatic rings. The summed E-state index contributed by atoms with van der Waals surface area (Å²) < 4.78 is 5.28. The van der Waals surface area contributed by atoms with E-state index >= 15 is 0 Å². The van der Waals surface area contributed by atoms with Crippen molar-refractivity contribution >= 4 is 41.0 Å². The lowest BCUT2D eigenvalue weighted by atomic mass is 9.94. The predicted molar refractivity (Wildman–Crippen MR) is 173 cm³/mol. The average Bonchev–Trinajstić information content (AvgIpc) is 2.98. The van der Waals surface area contributed by atoms with Gasteiger partial charge in [0.25, 0.3) is 0 Å². The third-order valence-corrected chi connectivity index (χ3v) is 5.36. The zero-order chi connectivity index (χ0) is 31.5. The Morgan fingerprint density at radius 1 is 0.786 bits per heavy atom. The smallest absolute Gasteiger partial charge is 0.412 e. The lowest BCUT2D eigenvalue weighted by Gasteiger charge is -2.20. The number of nitrogens with one attached hydrogen (secondary N) is 3. The number of anilines is 3. The number of aliphatic hydroxyl groups is 1. The van der Waals surface area contributed by atoms with E-state index in [2.05, 4.69) is 16.0 Å². The maximum Gasteiger partial charge on any atom is 0.412 e. The normalized spacial score (nSPS) is 11.1. The first-order chi connectivity index (χ1) is 20.1. The van der Waals surface area contributed by atoms with Crippen molar-refractivity contribution in [1.82, 2.24) is 0 Å². The lowest BCUT2D eigenvalue weighted by Crippen LogP contribution is -2.27. The number of amides is 3. The van der Waals surface area contributed by atoms with E-state index in [9.17, 15) is 19.5 Å². The van der Waals surface area contributed by atoms with Gasteiger partial charge >= 0.3 is 6.09 Å². The van der Waals surface area contributed by atoms with Crippen LogP contribution in [0, 0.1) is 0 Å². The third-order valence-electron chi connectivity index (χ3n) is 5.36. The molecule has 4 N–H and O–H groups in total. The largest absolute Gasteiger partial charge is 0.444 e. The summed E-state index contributed by atoms with van der Waals surface area (Å²) in [4.78, 5) is 37.5. The van der Waals surface area contributed by atoms with Crippen molar-refractivity contribution in [3.05, 3.63) is 96.1 Å². The van der Waals surface area contributed by atoms with Crippen LogP contribution in [0.25, 0.3) is 6.08 Å². The molecule has 8 heteroatoms. The summed E-state index contributed by atoms with van der Waals surface area (Å²) in [6.07, 6.45) is 2.69. The molecular formula is C34H45N3O5. The molecule has 3 rings (SSSR count). The fourth-order valence-corrected chi connectivity index (χ4v) is 3.63. The number of ether oxygens (including phenoxy) is 1. The quantitative estimate of drug-likeness (QED) is 0.194. The highest BCUT2D eigenvalue weighted by molar-refractivity contribution is 6.05. The molecule has 0 saturated carbocycles. The van der Waals surface area contributed by atoms with Gasteiger partial charge in [-0.05, 0) is 68.7 Å². The summed E-state index contributed by atoms with van der Waals surface area (Å²) in [5.41, 5.74) is 2.40. The monoisotopic (exact) mass is 575 g/mol. The molecule has 0 aliphatic carbocycles. The number of rotatable bonds is 9. The van der Waals surface area contributed by atoms with E-state index in [0.29, 0.717) is 17.1 Å². The Kier molecular flexibility index (Phi) is 16.0. The van der Waals surface area contributed by atoms with Crippen molar-refractivity contribution in [2.75, 3.05) is 22.6 Å². The lowest BCUT2D eigenvalue weighted by molar-refractivity contribution is -0.118. The zero-order valence-corrected chi connectivity index (χ0v) is 25.7. The molecule has 0 fully saturated rings. The van der Waals surface area contributed by atoms with E-state index in [1.54, 1.807) is 75.4 Å². The maximum atomic E-state index is 12.8. The predicted octanol–water partition coefficient (Wildman–Crippen LogP) is 7.84. The molecule has 0 aromatic heterocycles. The fraction of sp³-hybridized carbons (Fsp3) is 0.324. The van der Waals surface area contributed by atoms with Gasteiger partial charge in [0.15, 0.2) is 0 Å². The molecule has 1 unspecified atom stereocenters. The summed E-state index contributed by atoms with van der Waals surface area (Å²) in [7, 11) is 0. The van der Waals surface area contributed by atoms with E-state index in [1.165, 1.54) is 6.08 Å². The Hall–Kier alpha value is -4.43. The van der Waals surface area contributed by atoms with Crippen LogP contribution in [0.4, 0.5) is 21.9 Å². The van der Waals surface area contributed by atoms with Gasteiger partial charge in [0, 0.05) is 18.4 Å². The number of hydrogen-bond donors (Lipinski definition) is 4. The van der Waals surface area contributed by atoms with Gasteiger partial charge < -0.3 is 20.5 Å². The minimum absolute atomic E-state index is 0.126. The summed E-state index contributed by atoms with van der Waals surface area (Å²) in [6, 6.07) is 23.2. The Morgan fingerprint density at radius 3 is 1.88 bits per heavy atom. The molecule has 0 aliphatic rings. The first-order valence-electron chi connectivity index (χ1n) is 14.3. The molecule has 1 atom stereocenters. The molecule has 42 heavy (non-hydrogen) atoms. The number of hydrogen-bond acceptors (Lipinski definition) is 5. The van der Waals surface area contributed by atoms with Crippen molar-refractivity contribution in [2.45, 2.75) is 66.4 Å². The van der Waals surface area contributed by atoms with E-state index in [-0.39, 0.29) is 24.8 Å². The fourth-order valence-electron chi connectivity index (χ4n) is 3.63. The molecular weight excluding hydrogens is 530 g/mol. The van der Waals surface area contributed by atoms with Crippen molar-refractivity contribution in [2.24, 2.45) is 0 Å². The molecule has 8 nitrogen and oxygen atoms in total. The molecule has 0 saturated heterocycles. The number of para-hydroxylation sites is 3. The second kappa shape index (κ2) is 18.8. The first kappa shape index (κ1) is 35.6. The molecule has 0 bridgehead atoms. The average molecular weight is 576 g/mol. The van der Waals surface area contributed by atoms with Gasteiger partial charge in [-0.3, -0.25) is 14.9 Å². The highest BCUT2D eigenvalue weighted by Gasteiger charge is 2.20. The molecule has 0 spiro atoms. The van der Waals surface area contributed by atoms with Gasteiger partial charge in [-0.25, -0.2) is 4.79 Å². The standard InChI is InChI=1S/C30H33N3O5.2C2H6/c1-30(2,3)38-29(37)33-26-12-8-7-11-25(26)32-27(35)18-15-21-13-16-22(17-14-21)24(19-20-34)28(36)31-23-9-5-4-6-10-23;2*1-2/h4-18,24,34H,19-20H2,1-3H3,(H,31,36)(H,32,35)(H,33,37);2*1-2H3/b18-15+;;. The molecule has 3 aromatic carbocycles. The maximum absolute atomic E-state index is 12.8. The van der Waals surface area contributed by atoms with Gasteiger partial charge in [0.05, 0.1) is 17.3 Å². The first-order valence-corrected chi connectivity index (χ1v) is 14.3.